The molecule has 5 heteroatoms. The van der Waals surface area contributed by atoms with Gasteiger partial charge in [-0.05, 0) is 38.6 Å². The second-order valence-corrected chi connectivity index (χ2v) is 7.39. The molecule has 0 saturated heterocycles. The topological polar surface area (TPSA) is 32.3 Å². The minimum Gasteiger partial charge on any atom is -0.351 e. The standard InChI is InChI=1S/C15H20Cl2N2O/c1-14(10-15(14,16)17)13(20)18-8-11-6-4-5-7-12(11)9-19(2)3/h4-7H,8-10H2,1-3H3,(H,18,20)/t14-/m1/s1. The molecule has 1 aromatic carbocycles. The van der Waals surface area contributed by atoms with E-state index >= 15 is 0 Å². The number of nitrogens with zero attached hydrogens (tertiary/aromatic N) is 1. The van der Waals surface area contributed by atoms with E-state index in [-0.39, 0.29) is 5.91 Å². The number of nitrogens with one attached hydrogen (secondary N) is 1. The first-order valence-electron chi connectivity index (χ1n) is 6.64. The van der Waals surface area contributed by atoms with Gasteiger partial charge in [0.15, 0.2) is 0 Å². The van der Waals surface area contributed by atoms with Crippen LogP contribution in [0.2, 0.25) is 0 Å². The monoisotopic (exact) mass is 314 g/mol. The van der Waals surface area contributed by atoms with Crippen molar-refractivity contribution in [2.45, 2.75) is 30.8 Å². The van der Waals surface area contributed by atoms with E-state index in [1.54, 1.807) is 6.92 Å². The van der Waals surface area contributed by atoms with Crippen LogP contribution in [-0.4, -0.2) is 29.2 Å². The van der Waals surface area contributed by atoms with Gasteiger partial charge in [-0.15, -0.1) is 23.2 Å². The van der Waals surface area contributed by atoms with Gasteiger partial charge in [0.25, 0.3) is 0 Å². The average Bonchev–Trinajstić information content (AvgIpc) is 2.88. The summed E-state index contributed by atoms with van der Waals surface area (Å²) in [6, 6.07) is 8.10. The highest BCUT2D eigenvalue weighted by Crippen LogP contribution is 2.63. The normalized spacial score (nSPS) is 23.7. The van der Waals surface area contributed by atoms with E-state index in [0.717, 1.165) is 12.1 Å². The summed E-state index contributed by atoms with van der Waals surface area (Å²) in [5, 5.41) is 2.94. The number of benzene rings is 1. The Kier molecular flexibility index (Phi) is 4.33. The van der Waals surface area contributed by atoms with E-state index in [0.29, 0.717) is 13.0 Å². The van der Waals surface area contributed by atoms with Gasteiger partial charge in [0, 0.05) is 13.1 Å². The maximum atomic E-state index is 12.2. The van der Waals surface area contributed by atoms with Crippen molar-refractivity contribution >= 4 is 29.1 Å². The summed E-state index contributed by atoms with van der Waals surface area (Å²) in [5.74, 6) is -0.0813. The van der Waals surface area contributed by atoms with Gasteiger partial charge in [-0.3, -0.25) is 4.79 Å². The predicted molar refractivity (Wildman–Crippen MR) is 82.8 cm³/mol. The molecule has 0 heterocycles. The largest absolute Gasteiger partial charge is 0.351 e. The number of carbonyl (C=O) groups is 1. The zero-order valence-electron chi connectivity index (χ0n) is 12.0. The third-order valence-corrected chi connectivity index (χ3v) is 4.90. The lowest BCUT2D eigenvalue weighted by atomic mass is 10.1. The zero-order chi connectivity index (χ0) is 15.0. The second-order valence-electron chi connectivity index (χ2n) is 5.90. The molecule has 1 aromatic rings. The molecule has 110 valence electrons. The molecule has 1 fully saturated rings. The van der Waals surface area contributed by atoms with Gasteiger partial charge in [-0.25, -0.2) is 0 Å². The Bertz CT molecular complexity index is 516. The summed E-state index contributed by atoms with van der Waals surface area (Å²) in [5.41, 5.74) is 1.67. The Labute approximate surface area is 130 Å². The lowest BCUT2D eigenvalue weighted by Crippen LogP contribution is -2.33. The number of carbonyl (C=O) groups excluding carboxylic acids is 1. The van der Waals surface area contributed by atoms with Crippen LogP contribution in [0.1, 0.15) is 24.5 Å². The quantitative estimate of drug-likeness (QED) is 0.847. The first kappa shape index (κ1) is 15.6. The van der Waals surface area contributed by atoms with Crippen LogP contribution in [0.3, 0.4) is 0 Å². The first-order chi connectivity index (χ1) is 9.26. The van der Waals surface area contributed by atoms with E-state index in [2.05, 4.69) is 16.3 Å². The summed E-state index contributed by atoms with van der Waals surface area (Å²) in [4.78, 5) is 14.3. The minimum atomic E-state index is -0.916. The summed E-state index contributed by atoms with van der Waals surface area (Å²) < 4.78 is -0.916. The Balaban J connectivity index is 2.00. The summed E-state index contributed by atoms with van der Waals surface area (Å²) in [6.45, 7) is 3.15. The van der Waals surface area contributed by atoms with Crippen LogP contribution in [0, 0.1) is 5.41 Å². The number of alkyl halides is 2. The molecule has 1 amide bonds. The second kappa shape index (κ2) is 5.55. The fourth-order valence-electron chi connectivity index (χ4n) is 2.24. The van der Waals surface area contributed by atoms with Crippen molar-refractivity contribution in [3.8, 4) is 0 Å². The van der Waals surface area contributed by atoms with E-state index in [1.807, 2.05) is 32.3 Å². The first-order valence-corrected chi connectivity index (χ1v) is 7.39. The lowest BCUT2D eigenvalue weighted by Gasteiger charge is -2.16. The Morgan fingerprint density at radius 1 is 1.30 bits per heavy atom. The Morgan fingerprint density at radius 3 is 2.35 bits per heavy atom. The van der Waals surface area contributed by atoms with Crippen molar-refractivity contribution in [2.24, 2.45) is 5.41 Å². The summed E-state index contributed by atoms with van der Waals surface area (Å²) >= 11 is 12.0. The Hall–Kier alpha value is -0.770. The van der Waals surface area contributed by atoms with Crippen molar-refractivity contribution in [3.63, 3.8) is 0 Å². The van der Waals surface area contributed by atoms with Crippen molar-refractivity contribution < 1.29 is 4.79 Å². The molecule has 2 rings (SSSR count). The molecule has 3 nitrogen and oxygen atoms in total. The average molecular weight is 315 g/mol. The van der Waals surface area contributed by atoms with Crippen molar-refractivity contribution in [2.75, 3.05) is 14.1 Å². The maximum Gasteiger partial charge on any atom is 0.229 e. The van der Waals surface area contributed by atoms with Gasteiger partial charge < -0.3 is 10.2 Å². The molecule has 1 aliphatic carbocycles. The fraction of sp³-hybridized carbons (Fsp3) is 0.533. The lowest BCUT2D eigenvalue weighted by molar-refractivity contribution is -0.125. The number of halogens is 2. The highest BCUT2D eigenvalue weighted by atomic mass is 35.5. The van der Waals surface area contributed by atoms with Gasteiger partial charge in [0.1, 0.15) is 4.33 Å². The maximum absolute atomic E-state index is 12.2. The van der Waals surface area contributed by atoms with Gasteiger partial charge in [-0.2, -0.15) is 0 Å². The van der Waals surface area contributed by atoms with Crippen LogP contribution in [-0.2, 0) is 17.9 Å². The molecular formula is C15H20Cl2N2O. The molecule has 1 N–H and O–H groups in total. The molecule has 0 aromatic heterocycles. The van der Waals surface area contributed by atoms with Gasteiger partial charge in [0.2, 0.25) is 5.91 Å². The fourth-order valence-corrected chi connectivity index (χ4v) is 2.95. The molecule has 0 unspecified atom stereocenters. The van der Waals surface area contributed by atoms with Crippen molar-refractivity contribution in [3.05, 3.63) is 35.4 Å². The van der Waals surface area contributed by atoms with E-state index in [9.17, 15) is 4.79 Å². The number of hydrogen-bond acceptors (Lipinski definition) is 2. The Morgan fingerprint density at radius 2 is 1.85 bits per heavy atom. The van der Waals surface area contributed by atoms with Crippen LogP contribution in [0.25, 0.3) is 0 Å². The number of hydrogen-bond donors (Lipinski definition) is 1. The number of amides is 1. The van der Waals surface area contributed by atoms with Gasteiger partial charge in [-0.1, -0.05) is 24.3 Å². The van der Waals surface area contributed by atoms with Crippen LogP contribution in [0.4, 0.5) is 0 Å². The van der Waals surface area contributed by atoms with Gasteiger partial charge >= 0.3 is 0 Å². The van der Waals surface area contributed by atoms with E-state index in [4.69, 9.17) is 23.2 Å². The molecule has 0 spiro atoms. The smallest absolute Gasteiger partial charge is 0.229 e. The SMILES string of the molecule is CN(C)Cc1ccccc1CNC(=O)[C@@]1(C)CC1(Cl)Cl. The minimum absolute atomic E-state index is 0.0813. The summed E-state index contributed by atoms with van der Waals surface area (Å²) in [7, 11) is 4.05. The van der Waals surface area contributed by atoms with Crippen molar-refractivity contribution in [1.29, 1.82) is 0 Å². The van der Waals surface area contributed by atoms with Crippen LogP contribution >= 0.6 is 23.2 Å². The zero-order valence-corrected chi connectivity index (χ0v) is 13.6. The molecule has 20 heavy (non-hydrogen) atoms. The van der Waals surface area contributed by atoms with Crippen molar-refractivity contribution in [1.82, 2.24) is 10.2 Å². The molecule has 0 aliphatic heterocycles. The molecule has 0 radical (unpaired) electrons. The van der Waals surface area contributed by atoms with Crippen LogP contribution in [0.15, 0.2) is 24.3 Å². The van der Waals surface area contributed by atoms with E-state index < -0.39 is 9.75 Å². The third-order valence-electron chi connectivity index (χ3n) is 3.80. The molecule has 1 saturated carbocycles. The highest BCUT2D eigenvalue weighted by Gasteiger charge is 2.67. The highest BCUT2D eigenvalue weighted by molar-refractivity contribution is 6.53. The third kappa shape index (κ3) is 3.11. The summed E-state index contributed by atoms with van der Waals surface area (Å²) in [6.07, 6.45) is 0.508. The van der Waals surface area contributed by atoms with Gasteiger partial charge in [0.05, 0.1) is 5.41 Å². The van der Waals surface area contributed by atoms with Crippen LogP contribution in [0.5, 0.6) is 0 Å². The molecule has 0 bridgehead atoms. The van der Waals surface area contributed by atoms with Crippen LogP contribution < -0.4 is 5.32 Å². The molecular weight excluding hydrogens is 295 g/mol. The molecule has 1 atom stereocenters. The number of rotatable bonds is 5. The molecule has 1 aliphatic rings. The van der Waals surface area contributed by atoms with E-state index in [1.165, 1.54) is 5.56 Å². The predicted octanol–water partition coefficient (Wildman–Crippen LogP) is 2.95.